The van der Waals surface area contributed by atoms with Crippen LogP contribution < -0.4 is 10.1 Å². The second-order valence-corrected chi connectivity index (χ2v) is 7.10. The summed E-state index contributed by atoms with van der Waals surface area (Å²) in [6.45, 7) is -0.0822. The zero-order chi connectivity index (χ0) is 22.0. The van der Waals surface area contributed by atoms with E-state index in [-0.39, 0.29) is 31.2 Å². The van der Waals surface area contributed by atoms with Gasteiger partial charge in [-0.1, -0.05) is 0 Å². The topological polar surface area (TPSA) is 58.6 Å². The van der Waals surface area contributed by atoms with Gasteiger partial charge >= 0.3 is 0 Å². The first-order valence-corrected chi connectivity index (χ1v) is 9.43. The van der Waals surface area contributed by atoms with E-state index >= 15 is 0 Å². The van der Waals surface area contributed by atoms with Gasteiger partial charge < -0.3 is 15.0 Å². The molecule has 0 atom stereocenters. The summed E-state index contributed by atoms with van der Waals surface area (Å²) in [5, 5.41) is 2.72. The largest absolute Gasteiger partial charge is 0.483 e. The van der Waals surface area contributed by atoms with E-state index in [2.05, 4.69) is 5.32 Å². The fourth-order valence-corrected chi connectivity index (χ4v) is 3.32. The Bertz CT molecular complexity index is 1130. The van der Waals surface area contributed by atoms with Crippen LogP contribution in [0.4, 0.5) is 18.9 Å². The third-order valence-electron chi connectivity index (χ3n) is 4.79. The zero-order valence-electron chi connectivity index (χ0n) is 16.2. The summed E-state index contributed by atoms with van der Waals surface area (Å²) in [4.78, 5) is 26.2. The maximum Gasteiger partial charge on any atom is 0.261 e. The minimum atomic E-state index is -0.722. The molecule has 4 rings (SSSR count). The van der Waals surface area contributed by atoms with Gasteiger partial charge in [0.15, 0.2) is 6.61 Å². The molecule has 31 heavy (non-hydrogen) atoms. The van der Waals surface area contributed by atoms with Crippen LogP contribution in [0.25, 0.3) is 0 Å². The third kappa shape index (κ3) is 4.85. The molecule has 1 heterocycles. The Balaban J connectivity index is 1.54. The summed E-state index contributed by atoms with van der Waals surface area (Å²) in [6.07, 6.45) is 0. The first-order valence-electron chi connectivity index (χ1n) is 9.43. The molecule has 1 N–H and O–H groups in total. The van der Waals surface area contributed by atoms with Crippen molar-refractivity contribution in [3.8, 4) is 5.75 Å². The molecule has 1 aliphatic rings. The molecule has 0 radical (unpaired) electrons. The summed E-state index contributed by atoms with van der Waals surface area (Å²) in [7, 11) is 0. The van der Waals surface area contributed by atoms with Crippen molar-refractivity contribution >= 4 is 17.5 Å². The van der Waals surface area contributed by atoms with Crippen molar-refractivity contribution in [2.24, 2.45) is 0 Å². The zero-order valence-corrected chi connectivity index (χ0v) is 16.2. The van der Waals surface area contributed by atoms with E-state index in [4.69, 9.17) is 4.74 Å². The predicted octanol–water partition coefficient (Wildman–Crippen LogP) is 4.28. The van der Waals surface area contributed by atoms with Gasteiger partial charge in [-0.05, 0) is 60.2 Å². The van der Waals surface area contributed by atoms with E-state index in [1.807, 2.05) is 0 Å². The molecule has 0 spiro atoms. The lowest BCUT2D eigenvalue weighted by Crippen LogP contribution is -2.31. The quantitative estimate of drug-likeness (QED) is 0.678. The molecule has 0 bridgehead atoms. The van der Waals surface area contributed by atoms with Crippen LogP contribution in [0.5, 0.6) is 5.75 Å². The molecule has 0 saturated heterocycles. The SMILES string of the molecule is O=C(Nc1ccc2c(c1)CN(Cc1cc(F)cc(F)c1)C(=O)CO2)c1ccc(F)cc1. The molecule has 0 aliphatic carbocycles. The average Bonchev–Trinajstić information content (AvgIpc) is 2.86. The summed E-state index contributed by atoms with van der Waals surface area (Å²) in [5.74, 6) is -2.17. The number of anilines is 1. The van der Waals surface area contributed by atoms with Crippen LogP contribution in [0.3, 0.4) is 0 Å². The minimum absolute atomic E-state index is 0.00246. The maximum absolute atomic E-state index is 13.5. The van der Waals surface area contributed by atoms with Crippen LogP contribution in [0, 0.1) is 17.5 Å². The van der Waals surface area contributed by atoms with Crippen molar-refractivity contribution in [1.29, 1.82) is 0 Å². The first-order chi connectivity index (χ1) is 14.9. The van der Waals surface area contributed by atoms with Crippen molar-refractivity contribution in [3.05, 3.63) is 94.8 Å². The second kappa shape index (κ2) is 8.51. The van der Waals surface area contributed by atoms with E-state index in [1.54, 1.807) is 18.2 Å². The van der Waals surface area contributed by atoms with Crippen LogP contribution in [0.15, 0.2) is 60.7 Å². The lowest BCUT2D eigenvalue weighted by molar-refractivity contribution is -0.133. The number of halogens is 3. The van der Waals surface area contributed by atoms with Gasteiger partial charge in [-0.25, -0.2) is 13.2 Å². The number of rotatable bonds is 4. The normalized spacial score (nSPS) is 13.3. The average molecular weight is 426 g/mol. The monoisotopic (exact) mass is 426 g/mol. The molecule has 3 aromatic carbocycles. The summed E-state index contributed by atoms with van der Waals surface area (Å²) in [5.41, 5.74) is 1.69. The molecular formula is C23H17F3N2O3. The highest BCUT2D eigenvalue weighted by Gasteiger charge is 2.23. The first kappa shape index (κ1) is 20.5. The molecule has 3 aromatic rings. The number of amides is 2. The fraction of sp³-hybridized carbons (Fsp3) is 0.130. The molecule has 0 unspecified atom stereocenters. The highest BCUT2D eigenvalue weighted by atomic mass is 19.1. The molecule has 0 saturated carbocycles. The third-order valence-corrected chi connectivity index (χ3v) is 4.79. The van der Waals surface area contributed by atoms with Gasteiger partial charge in [0, 0.05) is 36.0 Å². The van der Waals surface area contributed by atoms with Crippen molar-refractivity contribution < 1.29 is 27.5 Å². The van der Waals surface area contributed by atoms with E-state index in [0.717, 1.165) is 6.07 Å². The Hall–Kier alpha value is -3.81. The minimum Gasteiger partial charge on any atom is -0.483 e. The van der Waals surface area contributed by atoms with Gasteiger partial charge in [0.2, 0.25) is 0 Å². The number of nitrogens with one attached hydrogen (secondary N) is 1. The van der Waals surface area contributed by atoms with Gasteiger partial charge in [0.1, 0.15) is 23.2 Å². The lowest BCUT2D eigenvalue weighted by Gasteiger charge is -2.20. The molecule has 158 valence electrons. The van der Waals surface area contributed by atoms with E-state index in [9.17, 15) is 22.8 Å². The smallest absolute Gasteiger partial charge is 0.261 e. The van der Waals surface area contributed by atoms with E-state index < -0.39 is 23.4 Å². The van der Waals surface area contributed by atoms with Crippen molar-refractivity contribution in [2.45, 2.75) is 13.1 Å². The van der Waals surface area contributed by atoms with Gasteiger partial charge in [0.25, 0.3) is 11.8 Å². The molecule has 5 nitrogen and oxygen atoms in total. The number of benzene rings is 3. The lowest BCUT2D eigenvalue weighted by atomic mass is 10.1. The van der Waals surface area contributed by atoms with Crippen LogP contribution >= 0.6 is 0 Å². The Labute approximate surface area is 176 Å². The van der Waals surface area contributed by atoms with Crippen LogP contribution in [0.1, 0.15) is 21.5 Å². The van der Waals surface area contributed by atoms with Gasteiger partial charge in [-0.15, -0.1) is 0 Å². The predicted molar refractivity (Wildman–Crippen MR) is 107 cm³/mol. The van der Waals surface area contributed by atoms with Crippen molar-refractivity contribution in [3.63, 3.8) is 0 Å². The van der Waals surface area contributed by atoms with Crippen LogP contribution in [-0.4, -0.2) is 23.3 Å². The number of ether oxygens (including phenoxy) is 1. The molecule has 1 aliphatic heterocycles. The fourth-order valence-electron chi connectivity index (χ4n) is 3.32. The molecule has 0 aromatic heterocycles. The summed E-state index contributed by atoms with van der Waals surface area (Å²) in [6, 6.07) is 13.2. The van der Waals surface area contributed by atoms with Gasteiger partial charge in [0.05, 0.1) is 0 Å². The van der Waals surface area contributed by atoms with Crippen molar-refractivity contribution in [2.75, 3.05) is 11.9 Å². The van der Waals surface area contributed by atoms with Gasteiger partial charge in [-0.3, -0.25) is 9.59 Å². The highest BCUT2D eigenvalue weighted by Crippen LogP contribution is 2.28. The Morgan fingerprint density at radius 3 is 2.35 bits per heavy atom. The highest BCUT2D eigenvalue weighted by molar-refractivity contribution is 6.04. The number of carbonyl (C=O) groups excluding carboxylic acids is 2. The van der Waals surface area contributed by atoms with Crippen LogP contribution in [-0.2, 0) is 17.9 Å². The molecule has 8 heteroatoms. The molecule has 2 amide bonds. The standard InChI is InChI=1S/C23H17F3N2O3/c24-17-3-1-15(2-4-17)23(30)27-20-5-6-21-16(9-20)12-28(22(29)13-31-21)11-14-7-18(25)10-19(26)8-14/h1-10H,11-13H2,(H,27,30). The number of hydrogen-bond acceptors (Lipinski definition) is 3. The van der Waals surface area contributed by atoms with Crippen LogP contribution in [0.2, 0.25) is 0 Å². The maximum atomic E-state index is 13.5. The van der Waals surface area contributed by atoms with E-state index in [0.29, 0.717) is 22.6 Å². The Kier molecular flexibility index (Phi) is 5.62. The molecular weight excluding hydrogens is 409 g/mol. The number of hydrogen-bond donors (Lipinski definition) is 1. The number of fused-ring (bicyclic) bond motifs is 1. The molecule has 0 fully saturated rings. The Morgan fingerprint density at radius 1 is 0.935 bits per heavy atom. The second-order valence-electron chi connectivity index (χ2n) is 7.10. The summed E-state index contributed by atoms with van der Waals surface area (Å²) >= 11 is 0. The van der Waals surface area contributed by atoms with Crippen molar-refractivity contribution in [1.82, 2.24) is 4.90 Å². The number of carbonyl (C=O) groups is 2. The Morgan fingerprint density at radius 2 is 1.65 bits per heavy atom. The van der Waals surface area contributed by atoms with Gasteiger partial charge in [-0.2, -0.15) is 0 Å². The summed E-state index contributed by atoms with van der Waals surface area (Å²) < 4.78 is 45.6. The number of nitrogens with zero attached hydrogens (tertiary/aromatic N) is 1. The van der Waals surface area contributed by atoms with E-state index in [1.165, 1.54) is 41.3 Å².